The lowest BCUT2D eigenvalue weighted by Crippen LogP contribution is -2.36. The molecule has 2 aromatic carbocycles. The van der Waals surface area contributed by atoms with E-state index in [-0.39, 0.29) is 11.9 Å². The van der Waals surface area contributed by atoms with Crippen molar-refractivity contribution >= 4 is 22.6 Å². The summed E-state index contributed by atoms with van der Waals surface area (Å²) in [6.07, 6.45) is 3.11. The second-order valence-electron chi connectivity index (χ2n) is 8.71. The van der Waals surface area contributed by atoms with E-state index in [0.717, 1.165) is 37.0 Å². The Bertz CT molecular complexity index is 1080. The molecule has 1 aliphatic carbocycles. The molecule has 0 unspecified atom stereocenters. The quantitative estimate of drug-likeness (QED) is 0.664. The molecule has 2 heterocycles. The highest BCUT2D eigenvalue weighted by molar-refractivity contribution is 5.93. The van der Waals surface area contributed by atoms with E-state index in [1.54, 1.807) is 7.11 Å². The molecule has 2 N–H and O–H groups in total. The first-order valence-electron chi connectivity index (χ1n) is 10.9. The van der Waals surface area contributed by atoms with Crippen LogP contribution >= 0.6 is 0 Å². The Kier molecular flexibility index (Phi) is 5.38. The Labute approximate surface area is 181 Å². The van der Waals surface area contributed by atoms with Crippen LogP contribution < -0.4 is 10.1 Å². The van der Waals surface area contributed by atoms with Crippen molar-refractivity contribution in [2.24, 2.45) is 11.8 Å². The van der Waals surface area contributed by atoms with Crippen molar-refractivity contribution in [3.8, 4) is 5.75 Å². The summed E-state index contributed by atoms with van der Waals surface area (Å²) in [5, 5.41) is 13.9. The van der Waals surface area contributed by atoms with Gasteiger partial charge in [0.1, 0.15) is 5.75 Å². The molecule has 1 amide bonds. The zero-order chi connectivity index (χ0) is 21.4. The highest BCUT2D eigenvalue weighted by Crippen LogP contribution is 2.42. The number of aromatic nitrogens is 2. The number of para-hydroxylation sites is 4. The van der Waals surface area contributed by atoms with Crippen molar-refractivity contribution < 1.29 is 14.6 Å². The summed E-state index contributed by atoms with van der Waals surface area (Å²) < 4.78 is 7.45. The zero-order valence-electron chi connectivity index (χ0n) is 17.6. The van der Waals surface area contributed by atoms with Gasteiger partial charge >= 0.3 is 0 Å². The molecule has 5 rings (SSSR count). The molecule has 0 radical (unpaired) electrons. The number of likely N-dealkylation sites (tertiary alicyclic amines) is 1. The lowest BCUT2D eigenvalue weighted by molar-refractivity contribution is -0.117. The average molecular weight is 421 g/mol. The summed E-state index contributed by atoms with van der Waals surface area (Å²) in [5.41, 5.74) is 2.71. The number of hydrogen-bond donors (Lipinski definition) is 2. The van der Waals surface area contributed by atoms with Crippen molar-refractivity contribution in [1.29, 1.82) is 0 Å². The van der Waals surface area contributed by atoms with Crippen LogP contribution in [0.4, 0.5) is 5.69 Å². The summed E-state index contributed by atoms with van der Waals surface area (Å²) in [7, 11) is 1.60. The minimum Gasteiger partial charge on any atom is -0.495 e. The number of nitrogens with zero attached hydrogens (tertiary/aromatic N) is 3. The Morgan fingerprint density at radius 3 is 2.71 bits per heavy atom. The number of benzene rings is 2. The van der Waals surface area contributed by atoms with Gasteiger partial charge in [-0.25, -0.2) is 4.98 Å². The van der Waals surface area contributed by atoms with Crippen LogP contribution in [0.15, 0.2) is 54.9 Å². The highest BCUT2D eigenvalue weighted by atomic mass is 16.5. The van der Waals surface area contributed by atoms with Gasteiger partial charge in [0.15, 0.2) is 0 Å². The van der Waals surface area contributed by atoms with E-state index in [9.17, 15) is 9.90 Å². The maximum Gasteiger partial charge on any atom is 0.238 e. The molecule has 7 heteroatoms. The fourth-order valence-electron chi connectivity index (χ4n) is 5.32. The van der Waals surface area contributed by atoms with Crippen LogP contribution in [0.3, 0.4) is 0 Å². The Morgan fingerprint density at radius 2 is 1.87 bits per heavy atom. The first-order valence-corrected chi connectivity index (χ1v) is 10.9. The van der Waals surface area contributed by atoms with E-state index in [1.165, 1.54) is 0 Å². The number of imidazole rings is 1. The van der Waals surface area contributed by atoms with E-state index in [2.05, 4.69) is 25.8 Å². The molecule has 1 saturated heterocycles. The number of anilines is 1. The Morgan fingerprint density at radius 1 is 1.13 bits per heavy atom. The lowest BCUT2D eigenvalue weighted by atomic mass is 9.77. The van der Waals surface area contributed by atoms with Crippen molar-refractivity contribution in [2.75, 3.05) is 32.1 Å². The minimum absolute atomic E-state index is 0.0241. The van der Waals surface area contributed by atoms with E-state index >= 15 is 0 Å². The molecule has 3 aromatic rings. The molecule has 162 valence electrons. The van der Waals surface area contributed by atoms with Crippen molar-refractivity contribution in [3.05, 3.63) is 54.9 Å². The monoisotopic (exact) mass is 420 g/mol. The summed E-state index contributed by atoms with van der Waals surface area (Å²) in [6.45, 7) is 2.07. The molecule has 2 fully saturated rings. The topological polar surface area (TPSA) is 79.6 Å². The van der Waals surface area contributed by atoms with Gasteiger partial charge in [0, 0.05) is 13.1 Å². The molecule has 1 aliphatic heterocycles. The van der Waals surface area contributed by atoms with Gasteiger partial charge in [-0.15, -0.1) is 0 Å². The van der Waals surface area contributed by atoms with Gasteiger partial charge < -0.3 is 19.7 Å². The number of amides is 1. The minimum atomic E-state index is -0.402. The predicted octanol–water partition coefficient (Wildman–Crippen LogP) is 2.93. The number of carbonyl (C=O) groups excluding carboxylic acids is 1. The van der Waals surface area contributed by atoms with Gasteiger partial charge in [-0.1, -0.05) is 24.3 Å². The Hall–Kier alpha value is -2.90. The summed E-state index contributed by atoms with van der Waals surface area (Å²) >= 11 is 0. The maximum absolute atomic E-state index is 12.6. The number of ether oxygens (including phenoxy) is 1. The van der Waals surface area contributed by atoms with Crippen molar-refractivity contribution in [2.45, 2.75) is 25.0 Å². The van der Waals surface area contributed by atoms with E-state index in [0.29, 0.717) is 29.8 Å². The highest BCUT2D eigenvalue weighted by Gasteiger charge is 2.42. The van der Waals surface area contributed by atoms with Gasteiger partial charge in [0.05, 0.1) is 48.8 Å². The van der Waals surface area contributed by atoms with Gasteiger partial charge in [0.2, 0.25) is 5.91 Å². The Balaban J connectivity index is 1.24. The molecule has 7 nitrogen and oxygen atoms in total. The van der Waals surface area contributed by atoms with Crippen LogP contribution in [0.1, 0.15) is 18.9 Å². The number of aliphatic hydroxyl groups is 1. The predicted molar refractivity (Wildman–Crippen MR) is 119 cm³/mol. The summed E-state index contributed by atoms with van der Waals surface area (Å²) in [5.74, 6) is 1.50. The third-order valence-corrected chi connectivity index (χ3v) is 6.77. The molecule has 4 atom stereocenters. The molecule has 1 aromatic heterocycles. The summed E-state index contributed by atoms with van der Waals surface area (Å²) in [4.78, 5) is 19.3. The third kappa shape index (κ3) is 3.91. The molecule has 0 bridgehead atoms. The van der Waals surface area contributed by atoms with Crippen LogP contribution in [-0.2, 0) is 4.79 Å². The zero-order valence-corrected chi connectivity index (χ0v) is 17.6. The largest absolute Gasteiger partial charge is 0.495 e. The number of fused-ring (bicyclic) bond motifs is 2. The number of rotatable bonds is 5. The second kappa shape index (κ2) is 8.32. The fourth-order valence-corrected chi connectivity index (χ4v) is 5.32. The van der Waals surface area contributed by atoms with Crippen LogP contribution in [0, 0.1) is 11.8 Å². The molecule has 1 saturated carbocycles. The van der Waals surface area contributed by atoms with Crippen LogP contribution in [0.5, 0.6) is 5.75 Å². The number of nitrogens with one attached hydrogen (secondary N) is 1. The molecule has 0 spiro atoms. The van der Waals surface area contributed by atoms with Crippen LogP contribution in [0.2, 0.25) is 0 Å². The van der Waals surface area contributed by atoms with Crippen LogP contribution in [-0.4, -0.2) is 58.3 Å². The van der Waals surface area contributed by atoms with Crippen LogP contribution in [0.25, 0.3) is 11.0 Å². The first kappa shape index (κ1) is 20.0. The molecule has 2 aliphatic rings. The van der Waals surface area contributed by atoms with Gasteiger partial charge in [-0.2, -0.15) is 0 Å². The lowest BCUT2D eigenvalue weighted by Gasteiger charge is -2.36. The fraction of sp³-hybridized carbons (Fsp3) is 0.417. The van der Waals surface area contributed by atoms with E-state index in [4.69, 9.17) is 4.74 Å². The SMILES string of the molecule is COc1ccccc1NC(=O)CN1C[C@H]2C[C@@H](n3cnc4ccccc43)[C@H](O)C[C@H]2C1. The van der Waals surface area contributed by atoms with Crippen molar-refractivity contribution in [1.82, 2.24) is 14.5 Å². The van der Waals surface area contributed by atoms with E-state index < -0.39 is 6.10 Å². The van der Waals surface area contributed by atoms with Gasteiger partial charge in [-0.3, -0.25) is 9.69 Å². The smallest absolute Gasteiger partial charge is 0.238 e. The normalized spacial score (nSPS) is 26.0. The molecule has 31 heavy (non-hydrogen) atoms. The van der Waals surface area contributed by atoms with Gasteiger partial charge in [-0.05, 0) is 48.9 Å². The standard InChI is InChI=1S/C24H28N4O3/c1-31-23-9-5-3-7-19(23)26-24(30)14-27-12-16-10-21(22(29)11-17(16)13-27)28-15-25-18-6-2-4-8-20(18)28/h2-9,15-17,21-22,29H,10-14H2,1H3,(H,26,30)/t16-,17+,21-,22-/m1/s1. The maximum atomic E-state index is 12.6. The first-order chi connectivity index (χ1) is 15.1. The van der Waals surface area contributed by atoms with Crippen molar-refractivity contribution in [3.63, 3.8) is 0 Å². The van der Waals surface area contributed by atoms with E-state index in [1.807, 2.05) is 48.8 Å². The second-order valence-corrected chi connectivity index (χ2v) is 8.71. The number of carbonyl (C=O) groups is 1. The third-order valence-electron chi connectivity index (χ3n) is 6.77. The number of methoxy groups -OCH3 is 1. The number of hydrogen-bond acceptors (Lipinski definition) is 5. The van der Waals surface area contributed by atoms with Gasteiger partial charge in [0.25, 0.3) is 0 Å². The summed E-state index contributed by atoms with van der Waals surface area (Å²) in [6, 6.07) is 15.5. The average Bonchev–Trinajstić information content (AvgIpc) is 3.36. The number of aliphatic hydroxyl groups excluding tert-OH is 1. The molecular weight excluding hydrogens is 392 g/mol. The molecular formula is C24H28N4O3.